The highest BCUT2D eigenvalue weighted by Crippen LogP contribution is 2.11. The molecule has 0 saturated carbocycles. The van der Waals surface area contributed by atoms with Gasteiger partial charge in [0, 0.05) is 32.7 Å². The van der Waals surface area contributed by atoms with Crippen molar-refractivity contribution in [2.45, 2.75) is 6.42 Å². The lowest BCUT2D eigenvalue weighted by Gasteiger charge is -2.28. The fourth-order valence-electron chi connectivity index (χ4n) is 1.59. The van der Waals surface area contributed by atoms with Gasteiger partial charge >= 0.3 is 0 Å². The summed E-state index contributed by atoms with van der Waals surface area (Å²) in [5.41, 5.74) is 0. The Morgan fingerprint density at radius 2 is 1.67 bits per heavy atom. The van der Waals surface area contributed by atoms with Crippen LogP contribution in [0.4, 0.5) is 0 Å². The highest BCUT2D eigenvalue weighted by atomic mass is 15.3. The Hall–Kier alpha value is -0.0800. The summed E-state index contributed by atoms with van der Waals surface area (Å²) >= 11 is 0. The largest absolute Gasteiger partial charge is 0.301 e. The summed E-state index contributed by atoms with van der Waals surface area (Å²) in [5, 5.41) is 0. The molecule has 2 bridgehead atoms. The number of hydrogen-bond donors (Lipinski definition) is 0. The molecule has 9 heavy (non-hydrogen) atoms. The monoisotopic (exact) mass is 125 g/mol. The maximum atomic E-state index is 2.54. The van der Waals surface area contributed by atoms with E-state index in [2.05, 4.69) is 16.3 Å². The molecule has 0 N–H and O–H groups in total. The second-order valence-corrected chi connectivity index (χ2v) is 2.85. The summed E-state index contributed by atoms with van der Waals surface area (Å²) in [4.78, 5) is 4.99. The van der Waals surface area contributed by atoms with Crippen LogP contribution < -0.4 is 0 Å². The van der Waals surface area contributed by atoms with Crippen molar-refractivity contribution < 1.29 is 0 Å². The normalized spacial score (nSPS) is 42.7. The number of hydrogen-bond acceptors (Lipinski definition) is 2. The standard InChI is InChI=1S/C7H13N2/c1-2-8-4-6-9(3-1)7-5-8/h2H,1,3-7H2. The molecule has 3 fully saturated rings. The second kappa shape index (κ2) is 2.27. The Balaban J connectivity index is 2.03. The lowest BCUT2D eigenvalue weighted by atomic mass is 10.4. The minimum absolute atomic E-state index is 1.26. The molecule has 0 amide bonds. The van der Waals surface area contributed by atoms with Crippen molar-refractivity contribution in [2.75, 3.05) is 32.7 Å². The van der Waals surface area contributed by atoms with E-state index in [4.69, 9.17) is 0 Å². The number of fused-ring (bicyclic) bond motifs is 4. The molecule has 0 aromatic heterocycles. The van der Waals surface area contributed by atoms with Crippen LogP contribution in [0.1, 0.15) is 6.42 Å². The molecular formula is C7H13N2. The summed E-state index contributed by atoms with van der Waals surface area (Å²) in [6, 6.07) is 0. The van der Waals surface area contributed by atoms with E-state index in [1.807, 2.05) is 0 Å². The van der Waals surface area contributed by atoms with E-state index in [9.17, 15) is 0 Å². The number of nitrogens with zero attached hydrogens (tertiary/aromatic N) is 2. The van der Waals surface area contributed by atoms with Crippen molar-refractivity contribution in [3.05, 3.63) is 6.54 Å². The van der Waals surface area contributed by atoms with Gasteiger partial charge in [0.15, 0.2) is 0 Å². The first kappa shape index (κ1) is 5.69. The summed E-state index contributed by atoms with van der Waals surface area (Å²) in [6.45, 7) is 8.75. The maximum Gasteiger partial charge on any atom is 0.0265 e. The lowest BCUT2D eigenvalue weighted by Crippen LogP contribution is -2.41. The maximum absolute atomic E-state index is 2.54. The van der Waals surface area contributed by atoms with Crippen molar-refractivity contribution in [2.24, 2.45) is 0 Å². The van der Waals surface area contributed by atoms with Crippen molar-refractivity contribution in [3.8, 4) is 0 Å². The van der Waals surface area contributed by atoms with Crippen molar-refractivity contribution >= 4 is 0 Å². The van der Waals surface area contributed by atoms with Crippen molar-refractivity contribution in [3.63, 3.8) is 0 Å². The highest BCUT2D eigenvalue weighted by Gasteiger charge is 2.19. The highest BCUT2D eigenvalue weighted by molar-refractivity contribution is 4.82. The molecule has 0 aromatic rings. The van der Waals surface area contributed by atoms with Gasteiger partial charge < -0.3 is 4.90 Å². The van der Waals surface area contributed by atoms with Gasteiger partial charge in [-0.2, -0.15) is 0 Å². The predicted molar refractivity (Wildman–Crippen MR) is 36.9 cm³/mol. The van der Waals surface area contributed by atoms with Crippen LogP contribution in [0, 0.1) is 6.54 Å². The Kier molecular flexibility index (Phi) is 1.44. The van der Waals surface area contributed by atoms with E-state index in [1.54, 1.807) is 0 Å². The molecule has 0 unspecified atom stereocenters. The Labute approximate surface area is 56.4 Å². The molecule has 0 aromatic carbocycles. The molecule has 2 heteroatoms. The van der Waals surface area contributed by atoms with Gasteiger partial charge in [0.25, 0.3) is 0 Å². The van der Waals surface area contributed by atoms with Gasteiger partial charge in [0.1, 0.15) is 0 Å². The van der Waals surface area contributed by atoms with Gasteiger partial charge in [0.05, 0.1) is 0 Å². The molecule has 3 aliphatic rings. The molecular weight excluding hydrogens is 112 g/mol. The lowest BCUT2D eigenvalue weighted by molar-refractivity contribution is 0.194. The minimum Gasteiger partial charge on any atom is -0.301 e. The first-order valence-electron chi connectivity index (χ1n) is 3.75. The molecule has 1 radical (unpaired) electrons. The molecule has 0 atom stereocenters. The topological polar surface area (TPSA) is 6.48 Å². The summed E-state index contributed by atoms with van der Waals surface area (Å²) < 4.78 is 0. The quantitative estimate of drug-likeness (QED) is 0.455. The third-order valence-electron chi connectivity index (χ3n) is 2.24. The Morgan fingerprint density at radius 1 is 0.889 bits per heavy atom. The van der Waals surface area contributed by atoms with E-state index in [-0.39, 0.29) is 0 Å². The van der Waals surface area contributed by atoms with Crippen molar-refractivity contribution in [1.29, 1.82) is 0 Å². The Morgan fingerprint density at radius 3 is 2.44 bits per heavy atom. The van der Waals surface area contributed by atoms with Crippen LogP contribution in [-0.4, -0.2) is 42.5 Å². The summed E-state index contributed by atoms with van der Waals surface area (Å²) in [6.07, 6.45) is 1.26. The Bertz CT molecular complexity index is 77.6. The predicted octanol–water partition coefficient (Wildman–Crippen LogP) is 0.169. The van der Waals surface area contributed by atoms with Gasteiger partial charge in [-0.3, -0.25) is 4.90 Å². The molecule has 3 saturated heterocycles. The van der Waals surface area contributed by atoms with Crippen LogP contribution in [-0.2, 0) is 0 Å². The van der Waals surface area contributed by atoms with Gasteiger partial charge in [0.2, 0.25) is 0 Å². The zero-order chi connectivity index (χ0) is 6.10. The molecule has 3 aliphatic heterocycles. The average molecular weight is 125 g/mol. The average Bonchev–Trinajstić information content (AvgIpc) is 2.21. The van der Waals surface area contributed by atoms with Crippen LogP contribution >= 0.6 is 0 Å². The minimum atomic E-state index is 1.26. The number of rotatable bonds is 0. The number of piperazine rings is 1. The van der Waals surface area contributed by atoms with E-state index in [0.29, 0.717) is 0 Å². The van der Waals surface area contributed by atoms with E-state index >= 15 is 0 Å². The van der Waals surface area contributed by atoms with Crippen LogP contribution in [0.25, 0.3) is 0 Å². The smallest absolute Gasteiger partial charge is 0.0265 e. The van der Waals surface area contributed by atoms with Gasteiger partial charge in [-0.15, -0.1) is 0 Å². The van der Waals surface area contributed by atoms with Crippen molar-refractivity contribution in [1.82, 2.24) is 9.80 Å². The first-order valence-corrected chi connectivity index (χ1v) is 3.75. The van der Waals surface area contributed by atoms with Crippen LogP contribution in [0.3, 0.4) is 0 Å². The van der Waals surface area contributed by atoms with Gasteiger partial charge in [-0.05, 0) is 13.0 Å². The second-order valence-electron chi connectivity index (χ2n) is 2.85. The SMILES string of the molecule is [CH]1CCN2CCN1CC2. The van der Waals surface area contributed by atoms with Crippen LogP contribution in [0.15, 0.2) is 0 Å². The fourth-order valence-corrected chi connectivity index (χ4v) is 1.59. The molecule has 3 heterocycles. The van der Waals surface area contributed by atoms with Gasteiger partial charge in [-0.1, -0.05) is 0 Å². The van der Waals surface area contributed by atoms with Crippen LogP contribution in [0.2, 0.25) is 0 Å². The van der Waals surface area contributed by atoms with E-state index < -0.39 is 0 Å². The fraction of sp³-hybridized carbons (Fsp3) is 0.857. The zero-order valence-electron chi connectivity index (χ0n) is 5.71. The molecule has 51 valence electrons. The van der Waals surface area contributed by atoms with E-state index in [1.165, 1.54) is 39.1 Å². The first-order chi connectivity index (χ1) is 4.45. The van der Waals surface area contributed by atoms with E-state index in [0.717, 1.165) is 0 Å². The third-order valence-corrected chi connectivity index (χ3v) is 2.24. The molecule has 0 aliphatic carbocycles. The molecule has 2 nitrogen and oxygen atoms in total. The van der Waals surface area contributed by atoms with Gasteiger partial charge in [-0.25, -0.2) is 0 Å². The zero-order valence-corrected chi connectivity index (χ0v) is 5.71. The summed E-state index contributed by atoms with van der Waals surface area (Å²) in [5.74, 6) is 0. The third kappa shape index (κ3) is 1.10. The molecule has 3 rings (SSSR count). The molecule has 0 spiro atoms. The van der Waals surface area contributed by atoms with Crippen LogP contribution in [0.5, 0.6) is 0 Å². The summed E-state index contributed by atoms with van der Waals surface area (Å²) in [7, 11) is 0.